The van der Waals surface area contributed by atoms with Gasteiger partial charge in [0.05, 0.1) is 0 Å². The maximum atomic E-state index is 4.18. The fraction of sp³-hybridized carbons (Fsp3) is 0.778. The lowest BCUT2D eigenvalue weighted by Crippen LogP contribution is -1.89. The average molecular weight is 138 g/mol. The van der Waals surface area contributed by atoms with Gasteiger partial charge in [-0.3, -0.25) is 0 Å². The number of hydrogen-bond donors (Lipinski definition) is 0. The molecule has 0 aliphatic carbocycles. The highest BCUT2D eigenvalue weighted by atomic mass is 14.5. The van der Waals surface area contributed by atoms with E-state index in [-0.39, 0.29) is 0 Å². The summed E-state index contributed by atoms with van der Waals surface area (Å²) in [5.74, 6) is 0. The van der Waals surface area contributed by atoms with Gasteiger partial charge in [-0.1, -0.05) is 19.3 Å². The van der Waals surface area contributed by atoms with Gasteiger partial charge in [0.1, 0.15) is 0 Å². The predicted octanol–water partition coefficient (Wildman–Crippen LogP) is 1.94. The molecule has 0 N–H and O–H groups in total. The van der Waals surface area contributed by atoms with Crippen molar-refractivity contribution in [1.29, 1.82) is 0 Å². The van der Waals surface area contributed by atoms with Gasteiger partial charge in [0.25, 0.3) is 12.4 Å². The van der Waals surface area contributed by atoms with Crippen molar-refractivity contribution in [2.45, 2.75) is 44.9 Å². The molecule has 1 aliphatic rings. The highest BCUT2D eigenvalue weighted by Crippen LogP contribution is 2.05. The minimum Gasteiger partial charge on any atom is -0.111 e. The fourth-order valence-corrected chi connectivity index (χ4v) is 1.23. The molecule has 1 nitrogen and oxygen atoms in total. The zero-order valence-corrected chi connectivity index (χ0v) is 6.55. The van der Waals surface area contributed by atoms with Crippen molar-refractivity contribution < 1.29 is 0 Å². The van der Waals surface area contributed by atoms with Gasteiger partial charge in [-0.15, -0.1) is 4.67 Å². The third-order valence-corrected chi connectivity index (χ3v) is 1.88. The molecule has 0 aromatic rings. The molecule has 0 spiro atoms. The lowest BCUT2D eigenvalue weighted by Gasteiger charge is -1.95. The Morgan fingerprint density at radius 2 is 1.20 bits per heavy atom. The summed E-state index contributed by atoms with van der Waals surface area (Å²) in [5, 5.41) is 0. The largest absolute Gasteiger partial charge is 0.268 e. The van der Waals surface area contributed by atoms with Gasteiger partial charge in [0.15, 0.2) is 0 Å². The highest BCUT2D eigenvalue weighted by Gasteiger charge is 1.94. The van der Waals surface area contributed by atoms with Crippen LogP contribution in [0.1, 0.15) is 44.9 Å². The second-order valence-electron chi connectivity index (χ2n) is 2.86. The molecule has 10 heavy (non-hydrogen) atoms. The van der Waals surface area contributed by atoms with Gasteiger partial charge in [-0.2, -0.15) is 0 Å². The predicted molar refractivity (Wildman–Crippen MR) is 46.6 cm³/mol. The van der Waals surface area contributed by atoms with Gasteiger partial charge in [0.2, 0.25) is 0 Å². The van der Waals surface area contributed by atoms with Gasteiger partial charge >= 0.3 is 0 Å². The van der Waals surface area contributed by atoms with E-state index >= 15 is 0 Å². The summed E-state index contributed by atoms with van der Waals surface area (Å²) in [6.45, 7) is 0. The lowest BCUT2D eigenvalue weighted by atomic mass is 10.1. The Balaban J connectivity index is 2.27. The van der Waals surface area contributed by atoms with Gasteiger partial charge in [-0.25, -0.2) is 0 Å². The number of nitrogens with zero attached hydrogens (tertiary/aromatic N) is 1. The van der Waals surface area contributed by atoms with Crippen LogP contribution in [0.15, 0.2) is 0 Å². The zero-order chi connectivity index (χ0) is 7.07. The quantitative estimate of drug-likeness (QED) is 0.454. The first-order chi connectivity index (χ1) is 5.00. The molecule has 0 unspecified atom stereocenters. The highest BCUT2D eigenvalue weighted by molar-refractivity contribution is 5.65. The maximum absolute atomic E-state index is 4.18. The van der Waals surface area contributed by atoms with Crippen molar-refractivity contribution in [1.82, 2.24) is 4.67 Å². The maximum Gasteiger partial charge on any atom is 0.268 e. The smallest absolute Gasteiger partial charge is 0.111 e. The van der Waals surface area contributed by atoms with Crippen LogP contribution in [0.4, 0.5) is 0 Å². The molecule has 0 amide bonds. The summed E-state index contributed by atoms with van der Waals surface area (Å²) < 4.78 is 4.18. The molecule has 0 saturated heterocycles. The van der Waals surface area contributed by atoms with E-state index in [1.54, 1.807) is 0 Å². The molecule has 1 heterocycles. The average Bonchev–Trinajstić information content (AvgIpc) is 2.01. The van der Waals surface area contributed by atoms with Gasteiger partial charge in [0, 0.05) is 12.8 Å². The number of rotatable bonds is 0. The summed E-state index contributed by atoms with van der Waals surface area (Å²) in [4.78, 5) is 0. The van der Waals surface area contributed by atoms with Crippen molar-refractivity contribution in [3.05, 3.63) is 0 Å². The Kier molecular flexibility index (Phi) is 3.97. The first-order valence-corrected chi connectivity index (χ1v) is 4.33. The molecule has 0 saturated carbocycles. The van der Waals surface area contributed by atoms with Crippen LogP contribution < -0.4 is 4.67 Å². The van der Waals surface area contributed by atoms with Crippen molar-refractivity contribution >= 4 is 12.4 Å². The van der Waals surface area contributed by atoms with Crippen molar-refractivity contribution in [2.24, 2.45) is 0 Å². The summed E-state index contributed by atoms with van der Waals surface area (Å²) in [6.07, 6.45) is 13.3. The van der Waals surface area contributed by atoms with E-state index in [0.717, 1.165) is 0 Å². The first-order valence-electron chi connectivity index (χ1n) is 4.33. The minimum atomic E-state index is 1.18. The normalized spacial score (nSPS) is 20.8. The topological polar surface area (TPSA) is 14.1 Å². The molecule has 1 rings (SSSR count). The van der Waals surface area contributed by atoms with Crippen molar-refractivity contribution in [3.63, 3.8) is 0 Å². The van der Waals surface area contributed by atoms with Gasteiger partial charge < -0.3 is 0 Å². The fourth-order valence-electron chi connectivity index (χ4n) is 1.23. The molecule has 1 aliphatic heterocycles. The number of hydrogen-bond acceptors (Lipinski definition) is 0. The Labute approximate surface area is 62.9 Å². The third-order valence-electron chi connectivity index (χ3n) is 1.88. The van der Waals surface area contributed by atoms with Crippen molar-refractivity contribution in [3.8, 4) is 0 Å². The van der Waals surface area contributed by atoms with Crippen LogP contribution >= 0.6 is 0 Å². The van der Waals surface area contributed by atoms with E-state index in [4.69, 9.17) is 0 Å². The minimum absolute atomic E-state index is 1.18. The lowest BCUT2D eigenvalue weighted by molar-refractivity contribution is 0.633. The summed E-state index contributed by atoms with van der Waals surface area (Å²) in [7, 11) is 0. The summed E-state index contributed by atoms with van der Waals surface area (Å²) >= 11 is 0. The first kappa shape index (κ1) is 7.56. The molecule has 0 aromatic carbocycles. The molecule has 0 fully saturated rings. The van der Waals surface area contributed by atoms with Crippen LogP contribution in [0.2, 0.25) is 0 Å². The molecule has 56 valence electrons. The second-order valence-corrected chi connectivity index (χ2v) is 2.86. The molecular formula is C9H16N+. The van der Waals surface area contributed by atoms with Crippen LogP contribution in [0.25, 0.3) is 0 Å². The van der Waals surface area contributed by atoms with E-state index in [0.29, 0.717) is 0 Å². The van der Waals surface area contributed by atoms with Crippen molar-refractivity contribution in [2.75, 3.05) is 0 Å². The molecule has 1 heteroatoms. The second kappa shape index (κ2) is 5.25. The Bertz CT molecular complexity index is 120. The summed E-state index contributed by atoms with van der Waals surface area (Å²) in [6, 6.07) is 0. The molecular weight excluding hydrogens is 122 g/mol. The van der Waals surface area contributed by atoms with Crippen LogP contribution in [-0.2, 0) is 0 Å². The van der Waals surface area contributed by atoms with Crippen LogP contribution in [-0.4, -0.2) is 12.4 Å². The summed E-state index contributed by atoms with van der Waals surface area (Å²) in [5.41, 5.74) is 0. The molecule has 0 radical (unpaired) electrons. The van der Waals surface area contributed by atoms with E-state index in [9.17, 15) is 0 Å². The third kappa shape index (κ3) is 3.47. The van der Waals surface area contributed by atoms with Crippen LogP contribution in [0, 0.1) is 0 Å². The van der Waals surface area contributed by atoms with E-state index in [1.807, 2.05) is 12.4 Å². The Morgan fingerprint density at radius 3 is 1.80 bits per heavy atom. The van der Waals surface area contributed by atoms with Crippen LogP contribution in [0.5, 0.6) is 0 Å². The van der Waals surface area contributed by atoms with E-state index in [2.05, 4.69) is 4.67 Å². The Morgan fingerprint density at radius 1 is 0.700 bits per heavy atom. The zero-order valence-electron chi connectivity index (χ0n) is 6.55. The van der Waals surface area contributed by atoms with E-state index < -0.39 is 0 Å². The molecule has 0 aromatic heterocycles. The SMILES string of the molecule is C1=[N+]=CCCCCCCC1. The van der Waals surface area contributed by atoms with Gasteiger partial charge in [-0.05, 0) is 12.8 Å². The standard InChI is InChI=1S/C9H16N/c1-2-4-6-8-10-9-7-5-3-1/h8-9H,1-7H2/q+1. The van der Waals surface area contributed by atoms with Crippen LogP contribution in [0.3, 0.4) is 0 Å². The molecule has 0 atom stereocenters. The molecule has 0 bridgehead atoms. The monoisotopic (exact) mass is 138 g/mol. The van der Waals surface area contributed by atoms with E-state index in [1.165, 1.54) is 44.9 Å². The Hall–Kier alpha value is -0.550.